The number of benzene rings is 3. The molecule has 7 nitrogen and oxygen atoms in total. The van der Waals surface area contributed by atoms with E-state index in [1.165, 1.54) is 24.3 Å². The van der Waals surface area contributed by atoms with Crippen LogP contribution in [0, 0.1) is 0 Å². The molecule has 2 amide bonds. The third kappa shape index (κ3) is 6.72. The van der Waals surface area contributed by atoms with Gasteiger partial charge in [-0.2, -0.15) is 13.2 Å². The number of hydrogen-bond acceptors (Lipinski definition) is 4. The first-order valence-corrected chi connectivity index (χ1v) is 13.8. The van der Waals surface area contributed by atoms with E-state index in [0.717, 1.165) is 29.7 Å². The maximum absolute atomic E-state index is 13.5. The normalized spacial score (nSPS) is 13.9. The molecule has 0 saturated carbocycles. The third-order valence-electron chi connectivity index (χ3n) is 6.29. The van der Waals surface area contributed by atoms with Gasteiger partial charge in [-0.3, -0.25) is 13.9 Å². The lowest BCUT2D eigenvalue weighted by molar-refractivity contribution is -0.137. The van der Waals surface area contributed by atoms with E-state index in [-0.39, 0.29) is 23.0 Å². The van der Waals surface area contributed by atoms with Gasteiger partial charge in [0.05, 0.1) is 21.2 Å². The molecule has 0 atom stereocenters. The molecule has 4 rings (SSSR count). The summed E-state index contributed by atoms with van der Waals surface area (Å²) in [6, 6.07) is 17.0. The van der Waals surface area contributed by atoms with E-state index in [9.17, 15) is 31.2 Å². The van der Waals surface area contributed by atoms with Crippen LogP contribution in [0.4, 0.5) is 18.9 Å². The fourth-order valence-electron chi connectivity index (χ4n) is 4.26. The van der Waals surface area contributed by atoms with Gasteiger partial charge in [-0.25, -0.2) is 8.42 Å². The number of carbonyl (C=O) groups is 2. The van der Waals surface area contributed by atoms with Crippen molar-refractivity contribution in [2.24, 2.45) is 0 Å². The summed E-state index contributed by atoms with van der Waals surface area (Å²) >= 11 is 5.73. The molecule has 1 saturated heterocycles. The van der Waals surface area contributed by atoms with Crippen LogP contribution in [0.1, 0.15) is 29.5 Å². The zero-order valence-electron chi connectivity index (χ0n) is 20.6. The number of sulfonamides is 1. The molecular weight excluding hydrogens is 555 g/mol. The number of likely N-dealkylation sites (tertiary alicyclic amines) is 1. The lowest BCUT2D eigenvalue weighted by atomic mass is 10.1. The zero-order valence-corrected chi connectivity index (χ0v) is 22.2. The second-order valence-electron chi connectivity index (χ2n) is 8.95. The highest BCUT2D eigenvalue weighted by Crippen LogP contribution is 2.38. The van der Waals surface area contributed by atoms with Gasteiger partial charge < -0.3 is 10.2 Å². The number of alkyl halides is 3. The molecule has 1 N–H and O–H groups in total. The van der Waals surface area contributed by atoms with Gasteiger partial charge in [0, 0.05) is 26.1 Å². The number of nitrogens with zero attached hydrogens (tertiary/aromatic N) is 2. The van der Waals surface area contributed by atoms with Crippen molar-refractivity contribution < 1.29 is 31.2 Å². The Morgan fingerprint density at radius 1 is 1.00 bits per heavy atom. The van der Waals surface area contributed by atoms with Crippen LogP contribution in [0.5, 0.6) is 0 Å². The van der Waals surface area contributed by atoms with Gasteiger partial charge in [0.1, 0.15) is 6.54 Å². The van der Waals surface area contributed by atoms with Gasteiger partial charge in [0.2, 0.25) is 11.8 Å². The molecule has 0 aliphatic carbocycles. The summed E-state index contributed by atoms with van der Waals surface area (Å²) in [6.45, 7) is 0.283. The van der Waals surface area contributed by atoms with Crippen molar-refractivity contribution in [3.63, 3.8) is 0 Å². The summed E-state index contributed by atoms with van der Waals surface area (Å²) in [7, 11) is -4.42. The van der Waals surface area contributed by atoms with Crippen LogP contribution in [-0.2, 0) is 38.9 Å². The Hall–Kier alpha value is -3.57. The lowest BCUT2D eigenvalue weighted by Gasteiger charge is -2.25. The Morgan fingerprint density at radius 3 is 2.31 bits per heavy atom. The van der Waals surface area contributed by atoms with Crippen LogP contribution in [-0.4, -0.2) is 38.2 Å². The van der Waals surface area contributed by atoms with Crippen LogP contribution in [0.2, 0.25) is 5.02 Å². The van der Waals surface area contributed by atoms with Crippen LogP contribution >= 0.6 is 11.6 Å². The predicted molar refractivity (Wildman–Crippen MR) is 140 cm³/mol. The van der Waals surface area contributed by atoms with Crippen molar-refractivity contribution in [2.45, 2.75) is 37.0 Å². The molecule has 0 unspecified atom stereocenters. The molecular formula is C27H25ClF3N3O4S. The van der Waals surface area contributed by atoms with Crippen molar-refractivity contribution in [1.29, 1.82) is 0 Å². The highest BCUT2D eigenvalue weighted by atomic mass is 35.5. The number of nitrogens with one attached hydrogen (secondary N) is 1. The van der Waals surface area contributed by atoms with Crippen molar-refractivity contribution in [2.75, 3.05) is 17.4 Å². The fourth-order valence-corrected chi connectivity index (χ4v) is 5.92. The van der Waals surface area contributed by atoms with Gasteiger partial charge >= 0.3 is 6.18 Å². The van der Waals surface area contributed by atoms with Crippen molar-refractivity contribution >= 4 is 39.1 Å². The molecule has 1 fully saturated rings. The molecule has 0 bridgehead atoms. The minimum atomic E-state index is -4.84. The molecule has 0 aromatic heterocycles. The highest BCUT2D eigenvalue weighted by Gasteiger charge is 2.35. The quantitative estimate of drug-likeness (QED) is 0.387. The highest BCUT2D eigenvalue weighted by molar-refractivity contribution is 7.92. The second-order valence-corrected chi connectivity index (χ2v) is 11.2. The van der Waals surface area contributed by atoms with Crippen molar-refractivity contribution in [1.82, 2.24) is 10.2 Å². The Kier molecular flexibility index (Phi) is 8.51. The molecule has 0 spiro atoms. The van der Waals surface area contributed by atoms with E-state index in [1.54, 1.807) is 23.1 Å². The topological polar surface area (TPSA) is 86.8 Å². The molecule has 3 aromatic rings. The fraction of sp³-hybridized carbons (Fsp3) is 0.259. The lowest BCUT2D eigenvalue weighted by Crippen LogP contribution is -2.41. The first-order valence-electron chi connectivity index (χ1n) is 12.0. The Bertz CT molecular complexity index is 1470. The van der Waals surface area contributed by atoms with E-state index < -0.39 is 39.2 Å². The summed E-state index contributed by atoms with van der Waals surface area (Å²) in [5.74, 6) is -0.679. The van der Waals surface area contributed by atoms with Gasteiger partial charge in [-0.15, -0.1) is 0 Å². The first kappa shape index (κ1) is 28.4. The number of amides is 2. The Balaban J connectivity index is 1.58. The summed E-state index contributed by atoms with van der Waals surface area (Å²) in [5.41, 5.74) is -0.0254. The van der Waals surface area contributed by atoms with Gasteiger partial charge in [-0.1, -0.05) is 54.1 Å². The van der Waals surface area contributed by atoms with Gasteiger partial charge in [0.15, 0.2) is 0 Å². The standard InChI is InChI=1S/C27H25ClF3N3O4S/c28-24-13-12-21(15-23(24)27(29,30)31)34(39(37,38)22-9-2-1-3-10-22)18-25(35)32-16-19-7-4-5-8-20(19)17-33-14-6-11-26(33)36/h1-5,7-10,12-13,15H,6,11,14,16-18H2,(H,32,35). The molecule has 0 radical (unpaired) electrons. The summed E-state index contributed by atoms with van der Waals surface area (Å²) in [5, 5.41) is 2.06. The average molecular weight is 580 g/mol. The molecule has 1 heterocycles. The maximum Gasteiger partial charge on any atom is 0.417 e. The number of rotatable bonds is 9. The van der Waals surface area contributed by atoms with Crippen LogP contribution < -0.4 is 9.62 Å². The third-order valence-corrected chi connectivity index (χ3v) is 8.41. The van der Waals surface area contributed by atoms with E-state index in [0.29, 0.717) is 29.9 Å². The van der Waals surface area contributed by atoms with Crippen molar-refractivity contribution in [3.05, 3.63) is 94.5 Å². The minimum absolute atomic E-state index is 0.0324. The van der Waals surface area contributed by atoms with Gasteiger partial charge in [-0.05, 0) is 47.9 Å². The maximum atomic E-state index is 13.5. The number of anilines is 1. The predicted octanol–water partition coefficient (Wildman–Crippen LogP) is 4.99. The first-order chi connectivity index (χ1) is 18.5. The molecule has 1 aliphatic heterocycles. The number of halogens is 4. The number of hydrogen-bond donors (Lipinski definition) is 1. The minimum Gasteiger partial charge on any atom is -0.350 e. The van der Waals surface area contributed by atoms with E-state index in [1.807, 2.05) is 12.1 Å². The second kappa shape index (κ2) is 11.7. The largest absolute Gasteiger partial charge is 0.417 e. The Morgan fingerprint density at radius 2 is 1.67 bits per heavy atom. The van der Waals surface area contributed by atoms with Crippen molar-refractivity contribution in [3.8, 4) is 0 Å². The smallest absolute Gasteiger partial charge is 0.350 e. The monoisotopic (exact) mass is 579 g/mol. The molecule has 39 heavy (non-hydrogen) atoms. The van der Waals surface area contributed by atoms with E-state index >= 15 is 0 Å². The van der Waals surface area contributed by atoms with Gasteiger partial charge in [0.25, 0.3) is 10.0 Å². The molecule has 206 valence electrons. The van der Waals surface area contributed by atoms with Crippen LogP contribution in [0.15, 0.2) is 77.7 Å². The average Bonchev–Trinajstić information content (AvgIpc) is 3.31. The molecule has 3 aromatic carbocycles. The summed E-state index contributed by atoms with van der Waals surface area (Å²) in [6.07, 6.45) is -3.56. The summed E-state index contributed by atoms with van der Waals surface area (Å²) < 4.78 is 68.1. The summed E-state index contributed by atoms with van der Waals surface area (Å²) in [4.78, 5) is 26.6. The SMILES string of the molecule is O=C(CN(c1ccc(Cl)c(C(F)(F)F)c1)S(=O)(=O)c1ccccc1)NCc1ccccc1CN1CCCC1=O. The van der Waals surface area contributed by atoms with E-state index in [2.05, 4.69) is 5.32 Å². The molecule has 1 aliphatic rings. The van der Waals surface area contributed by atoms with Crippen LogP contribution in [0.3, 0.4) is 0 Å². The zero-order chi connectivity index (χ0) is 28.2. The van der Waals surface area contributed by atoms with Crippen LogP contribution in [0.25, 0.3) is 0 Å². The number of carbonyl (C=O) groups excluding carboxylic acids is 2. The van der Waals surface area contributed by atoms with E-state index in [4.69, 9.17) is 11.6 Å². The molecule has 12 heteroatoms. The Labute approximate surface area is 229 Å².